The van der Waals surface area contributed by atoms with Gasteiger partial charge in [-0.2, -0.15) is 13.2 Å². The SMILES string of the molecule is CN=CC(=C(N)C(=O)N1CC(F)(F)CC(C)C1CNc1ccc(C(F)(F)F)cn1)c1ccccc1F. The molecule has 194 valence electrons. The number of hydrogen-bond acceptors (Lipinski definition) is 5. The predicted molar refractivity (Wildman–Crippen MR) is 124 cm³/mol. The molecule has 0 spiro atoms. The summed E-state index contributed by atoms with van der Waals surface area (Å²) in [5.41, 5.74) is 4.61. The molecule has 0 bridgehead atoms. The molecule has 1 aromatic heterocycles. The van der Waals surface area contributed by atoms with Gasteiger partial charge in [0.2, 0.25) is 0 Å². The highest BCUT2D eigenvalue weighted by Crippen LogP contribution is 2.35. The van der Waals surface area contributed by atoms with E-state index in [4.69, 9.17) is 5.73 Å². The van der Waals surface area contributed by atoms with Crippen LogP contribution in [-0.2, 0) is 11.0 Å². The monoisotopic (exact) mass is 513 g/mol. The predicted octanol–water partition coefficient (Wildman–Crippen LogP) is 4.59. The van der Waals surface area contributed by atoms with E-state index in [0.29, 0.717) is 6.20 Å². The van der Waals surface area contributed by atoms with Crippen LogP contribution in [0.1, 0.15) is 24.5 Å². The number of allylic oxidation sites excluding steroid dienone is 1. The highest BCUT2D eigenvalue weighted by Gasteiger charge is 2.46. The fraction of sp³-hybridized carbons (Fsp3) is 0.375. The molecule has 0 aliphatic carbocycles. The van der Waals surface area contributed by atoms with E-state index in [1.807, 2.05) is 0 Å². The van der Waals surface area contributed by atoms with Gasteiger partial charge in [0.05, 0.1) is 18.2 Å². The Labute approximate surface area is 203 Å². The molecule has 2 aromatic rings. The third-order valence-corrected chi connectivity index (χ3v) is 5.87. The molecule has 1 saturated heterocycles. The molecular weight excluding hydrogens is 488 g/mol. The van der Waals surface area contributed by atoms with E-state index in [-0.39, 0.29) is 23.5 Å². The molecule has 6 nitrogen and oxygen atoms in total. The molecule has 1 fully saturated rings. The maximum atomic E-state index is 14.5. The number of nitrogens with zero attached hydrogens (tertiary/aromatic N) is 3. The first kappa shape index (κ1) is 27.0. The first-order chi connectivity index (χ1) is 16.8. The van der Waals surface area contributed by atoms with Crippen molar-refractivity contribution >= 4 is 23.5 Å². The van der Waals surface area contributed by atoms with Crippen LogP contribution in [-0.4, -0.2) is 54.1 Å². The second-order valence-electron chi connectivity index (χ2n) is 8.54. The summed E-state index contributed by atoms with van der Waals surface area (Å²) in [7, 11) is 1.39. The number of carbonyl (C=O) groups is 1. The zero-order chi connectivity index (χ0) is 26.7. The number of aliphatic imine (C=N–C) groups is 1. The van der Waals surface area contributed by atoms with Gasteiger partial charge in [-0.1, -0.05) is 25.1 Å². The van der Waals surface area contributed by atoms with Crippen LogP contribution in [0.4, 0.5) is 32.2 Å². The van der Waals surface area contributed by atoms with E-state index in [0.717, 1.165) is 23.1 Å². The highest BCUT2D eigenvalue weighted by atomic mass is 19.4. The summed E-state index contributed by atoms with van der Waals surface area (Å²) in [6.07, 6.45) is -3.24. The Balaban J connectivity index is 1.91. The van der Waals surface area contributed by atoms with Crippen molar-refractivity contribution in [2.45, 2.75) is 31.5 Å². The molecule has 1 amide bonds. The summed E-state index contributed by atoms with van der Waals surface area (Å²) in [5, 5.41) is 2.81. The van der Waals surface area contributed by atoms with Crippen LogP contribution < -0.4 is 11.1 Å². The lowest BCUT2D eigenvalue weighted by atomic mass is 9.88. The van der Waals surface area contributed by atoms with Gasteiger partial charge < -0.3 is 16.0 Å². The lowest BCUT2D eigenvalue weighted by Crippen LogP contribution is -2.58. The largest absolute Gasteiger partial charge is 0.417 e. The Bertz CT molecular complexity index is 1150. The Hall–Kier alpha value is -3.57. The number of aromatic nitrogens is 1. The molecule has 1 aliphatic rings. The summed E-state index contributed by atoms with van der Waals surface area (Å²) in [6, 6.07) is 6.66. The maximum Gasteiger partial charge on any atom is 0.417 e. The number of anilines is 1. The first-order valence-electron chi connectivity index (χ1n) is 11.0. The lowest BCUT2D eigenvalue weighted by Gasteiger charge is -2.43. The number of amides is 1. The number of benzene rings is 1. The van der Waals surface area contributed by atoms with Gasteiger partial charge in [-0.25, -0.2) is 18.2 Å². The number of alkyl halides is 5. The van der Waals surface area contributed by atoms with Crippen LogP contribution in [0.5, 0.6) is 0 Å². The number of halogens is 6. The van der Waals surface area contributed by atoms with Crippen molar-refractivity contribution in [1.82, 2.24) is 9.88 Å². The number of piperidine rings is 1. The molecular formula is C24H25F6N5O. The molecule has 1 aromatic carbocycles. The number of hydrogen-bond donors (Lipinski definition) is 2. The third-order valence-electron chi connectivity index (χ3n) is 5.87. The van der Waals surface area contributed by atoms with Gasteiger partial charge in [-0.05, 0) is 24.1 Å². The van der Waals surface area contributed by atoms with E-state index < -0.39 is 60.0 Å². The number of pyridine rings is 1. The molecule has 1 aliphatic heterocycles. The number of nitrogens with two attached hydrogens (primary N) is 1. The van der Waals surface area contributed by atoms with Gasteiger partial charge in [0.25, 0.3) is 11.8 Å². The highest BCUT2D eigenvalue weighted by molar-refractivity contribution is 6.18. The summed E-state index contributed by atoms with van der Waals surface area (Å²) in [6.45, 7) is 0.522. The molecule has 2 heterocycles. The van der Waals surface area contributed by atoms with Crippen molar-refractivity contribution in [3.8, 4) is 0 Å². The zero-order valence-electron chi connectivity index (χ0n) is 19.5. The number of rotatable bonds is 6. The minimum atomic E-state index is -4.56. The van der Waals surface area contributed by atoms with Crippen molar-refractivity contribution in [3.63, 3.8) is 0 Å². The van der Waals surface area contributed by atoms with Crippen LogP contribution in [0, 0.1) is 11.7 Å². The van der Waals surface area contributed by atoms with Crippen LogP contribution in [0.25, 0.3) is 5.57 Å². The van der Waals surface area contributed by atoms with Crippen LogP contribution in [0.15, 0.2) is 53.3 Å². The molecule has 36 heavy (non-hydrogen) atoms. The lowest BCUT2D eigenvalue weighted by molar-refractivity contribution is -0.148. The van der Waals surface area contributed by atoms with E-state index in [2.05, 4.69) is 15.3 Å². The number of carbonyl (C=O) groups excluding carboxylic acids is 1. The van der Waals surface area contributed by atoms with Gasteiger partial charge >= 0.3 is 6.18 Å². The average Bonchev–Trinajstić information content (AvgIpc) is 2.80. The number of likely N-dealkylation sites (tertiary alicyclic amines) is 1. The first-order valence-corrected chi connectivity index (χ1v) is 11.0. The maximum absolute atomic E-state index is 14.5. The van der Waals surface area contributed by atoms with Crippen LogP contribution in [0.2, 0.25) is 0 Å². The fourth-order valence-corrected chi connectivity index (χ4v) is 4.12. The summed E-state index contributed by atoms with van der Waals surface area (Å²) in [4.78, 5) is 21.8. The second-order valence-corrected chi connectivity index (χ2v) is 8.54. The molecule has 3 N–H and O–H groups in total. The minimum Gasteiger partial charge on any atom is -0.394 e. The molecule has 12 heteroatoms. The fourth-order valence-electron chi connectivity index (χ4n) is 4.12. The van der Waals surface area contributed by atoms with Gasteiger partial charge in [0.1, 0.15) is 17.3 Å². The quantitative estimate of drug-likeness (QED) is 0.336. The third kappa shape index (κ3) is 6.16. The molecule has 3 rings (SSSR count). The zero-order valence-corrected chi connectivity index (χ0v) is 19.5. The summed E-state index contributed by atoms with van der Waals surface area (Å²) in [5.74, 6) is -5.44. The van der Waals surface area contributed by atoms with E-state index in [9.17, 15) is 31.1 Å². The standard InChI is InChI=1S/C24H25F6N5O/c1-14-9-23(26,27)13-35(19(14)12-34-20-8-7-15(10-33-20)24(28,29)30)22(36)21(31)17(11-32-2)16-5-3-4-6-18(16)25/h3-8,10-11,14,19H,9,12-13,31H2,1-2H3,(H,33,34). The van der Waals surface area contributed by atoms with E-state index >= 15 is 0 Å². The Morgan fingerprint density at radius 3 is 2.56 bits per heavy atom. The van der Waals surface area contributed by atoms with Crippen molar-refractivity contribution in [3.05, 3.63) is 65.2 Å². The second kappa shape index (κ2) is 10.6. The van der Waals surface area contributed by atoms with Crippen molar-refractivity contribution in [2.75, 3.05) is 25.5 Å². The normalized spacial score (nSPS) is 20.8. The Kier molecular flexibility index (Phi) is 7.95. The summed E-state index contributed by atoms with van der Waals surface area (Å²) < 4.78 is 81.7. The van der Waals surface area contributed by atoms with E-state index in [1.54, 1.807) is 0 Å². The van der Waals surface area contributed by atoms with Crippen LogP contribution >= 0.6 is 0 Å². The van der Waals surface area contributed by atoms with E-state index in [1.165, 1.54) is 38.4 Å². The average molecular weight is 513 g/mol. The van der Waals surface area contributed by atoms with Gasteiger partial charge in [0, 0.05) is 43.6 Å². The Morgan fingerprint density at radius 1 is 1.28 bits per heavy atom. The van der Waals surface area contributed by atoms with Gasteiger partial charge in [0.15, 0.2) is 0 Å². The topological polar surface area (TPSA) is 83.6 Å². The number of nitrogens with one attached hydrogen (secondary N) is 1. The molecule has 0 saturated carbocycles. The minimum absolute atomic E-state index is 0.0191. The van der Waals surface area contributed by atoms with Crippen molar-refractivity contribution in [1.29, 1.82) is 0 Å². The van der Waals surface area contributed by atoms with Gasteiger partial charge in [-0.3, -0.25) is 9.79 Å². The van der Waals surface area contributed by atoms with Gasteiger partial charge in [-0.15, -0.1) is 0 Å². The van der Waals surface area contributed by atoms with Crippen molar-refractivity contribution < 1.29 is 31.1 Å². The molecule has 2 atom stereocenters. The summed E-state index contributed by atoms with van der Waals surface area (Å²) >= 11 is 0. The van der Waals surface area contributed by atoms with Crippen molar-refractivity contribution in [2.24, 2.45) is 16.6 Å². The molecule has 0 radical (unpaired) electrons. The van der Waals surface area contributed by atoms with Crippen LogP contribution in [0.3, 0.4) is 0 Å². The smallest absolute Gasteiger partial charge is 0.394 e. The molecule has 2 unspecified atom stereocenters. The Morgan fingerprint density at radius 2 is 1.97 bits per heavy atom.